The van der Waals surface area contributed by atoms with Gasteiger partial charge in [0.1, 0.15) is 5.82 Å². The summed E-state index contributed by atoms with van der Waals surface area (Å²) in [5.41, 5.74) is 6.83. The van der Waals surface area contributed by atoms with Crippen LogP contribution in [-0.4, -0.2) is 24.0 Å². The Morgan fingerprint density at radius 1 is 1.50 bits per heavy atom. The van der Waals surface area contributed by atoms with Crippen molar-refractivity contribution in [2.45, 2.75) is 31.8 Å². The zero-order valence-electron chi connectivity index (χ0n) is 9.70. The lowest BCUT2D eigenvalue weighted by atomic mass is 10.0. The normalized spacial score (nSPS) is 17.8. The summed E-state index contributed by atoms with van der Waals surface area (Å²) in [6.45, 7) is 3.66. The van der Waals surface area contributed by atoms with E-state index in [0.29, 0.717) is 12.6 Å². The standard InChI is InChI=1S/C13H19FN2/c1-2-16(12-6-7-12)13(9-15)10-4-3-5-11(14)8-10/h3-5,8,12-13H,2,6-7,9,15H2,1H3. The van der Waals surface area contributed by atoms with E-state index in [1.165, 1.54) is 18.9 Å². The van der Waals surface area contributed by atoms with E-state index in [0.717, 1.165) is 12.1 Å². The van der Waals surface area contributed by atoms with Crippen molar-refractivity contribution in [3.8, 4) is 0 Å². The van der Waals surface area contributed by atoms with Crippen molar-refractivity contribution in [1.82, 2.24) is 4.90 Å². The summed E-state index contributed by atoms with van der Waals surface area (Å²) >= 11 is 0. The summed E-state index contributed by atoms with van der Waals surface area (Å²) in [6, 6.07) is 7.61. The molecule has 1 fully saturated rings. The second kappa shape index (κ2) is 4.93. The van der Waals surface area contributed by atoms with Gasteiger partial charge in [0.15, 0.2) is 0 Å². The van der Waals surface area contributed by atoms with E-state index in [4.69, 9.17) is 5.73 Å². The van der Waals surface area contributed by atoms with Gasteiger partial charge in [-0.1, -0.05) is 19.1 Å². The Balaban J connectivity index is 2.20. The first-order valence-electron chi connectivity index (χ1n) is 5.97. The monoisotopic (exact) mass is 222 g/mol. The second-order valence-electron chi connectivity index (χ2n) is 4.37. The zero-order chi connectivity index (χ0) is 11.5. The molecule has 0 heterocycles. The summed E-state index contributed by atoms with van der Waals surface area (Å²) in [5, 5.41) is 0. The van der Waals surface area contributed by atoms with Crippen LogP contribution in [0.25, 0.3) is 0 Å². The summed E-state index contributed by atoms with van der Waals surface area (Å²) < 4.78 is 13.2. The Kier molecular flexibility index (Phi) is 3.56. The molecule has 3 heteroatoms. The molecule has 1 aliphatic carbocycles. The Morgan fingerprint density at radius 2 is 2.25 bits per heavy atom. The SMILES string of the molecule is CCN(C1CC1)C(CN)c1cccc(F)c1. The average Bonchev–Trinajstić information content (AvgIpc) is 3.09. The van der Waals surface area contributed by atoms with Gasteiger partial charge >= 0.3 is 0 Å². The van der Waals surface area contributed by atoms with Crippen LogP contribution in [0.3, 0.4) is 0 Å². The lowest BCUT2D eigenvalue weighted by molar-refractivity contribution is 0.201. The molecule has 0 spiro atoms. The number of benzene rings is 1. The number of rotatable bonds is 5. The number of halogens is 1. The molecule has 1 atom stereocenters. The highest BCUT2D eigenvalue weighted by molar-refractivity contribution is 5.21. The van der Waals surface area contributed by atoms with Crippen LogP contribution in [0.15, 0.2) is 24.3 Å². The second-order valence-corrected chi connectivity index (χ2v) is 4.37. The molecular weight excluding hydrogens is 203 g/mol. The van der Waals surface area contributed by atoms with E-state index in [2.05, 4.69) is 11.8 Å². The molecule has 1 aliphatic rings. The molecule has 1 aromatic rings. The molecule has 1 saturated carbocycles. The first kappa shape index (κ1) is 11.6. The van der Waals surface area contributed by atoms with E-state index in [-0.39, 0.29) is 11.9 Å². The molecular formula is C13H19FN2. The fraction of sp³-hybridized carbons (Fsp3) is 0.538. The summed E-state index contributed by atoms with van der Waals surface area (Å²) in [7, 11) is 0. The van der Waals surface area contributed by atoms with Gasteiger partial charge in [-0.15, -0.1) is 0 Å². The van der Waals surface area contributed by atoms with Gasteiger partial charge in [0, 0.05) is 18.6 Å². The smallest absolute Gasteiger partial charge is 0.123 e. The van der Waals surface area contributed by atoms with Crippen molar-refractivity contribution in [3.63, 3.8) is 0 Å². The molecule has 0 aromatic heterocycles. The predicted octanol–water partition coefficient (Wildman–Crippen LogP) is 2.31. The number of hydrogen-bond acceptors (Lipinski definition) is 2. The van der Waals surface area contributed by atoms with Crippen LogP contribution in [0.4, 0.5) is 4.39 Å². The van der Waals surface area contributed by atoms with Crippen LogP contribution in [0.5, 0.6) is 0 Å². The predicted molar refractivity (Wildman–Crippen MR) is 63.6 cm³/mol. The summed E-state index contributed by atoms with van der Waals surface area (Å²) in [6.07, 6.45) is 2.50. The van der Waals surface area contributed by atoms with Crippen LogP contribution in [-0.2, 0) is 0 Å². The van der Waals surface area contributed by atoms with E-state index in [1.807, 2.05) is 6.07 Å². The Morgan fingerprint density at radius 3 is 2.75 bits per heavy atom. The first-order valence-corrected chi connectivity index (χ1v) is 5.97. The number of hydrogen-bond donors (Lipinski definition) is 1. The Hall–Kier alpha value is -0.930. The van der Waals surface area contributed by atoms with Gasteiger partial charge in [-0.25, -0.2) is 4.39 Å². The Labute approximate surface area is 96.2 Å². The molecule has 0 aliphatic heterocycles. The Bertz CT molecular complexity index is 350. The maximum atomic E-state index is 13.2. The van der Waals surface area contributed by atoms with Gasteiger partial charge in [0.2, 0.25) is 0 Å². The van der Waals surface area contributed by atoms with Gasteiger partial charge < -0.3 is 5.73 Å². The molecule has 0 amide bonds. The van der Waals surface area contributed by atoms with E-state index in [9.17, 15) is 4.39 Å². The van der Waals surface area contributed by atoms with Gasteiger partial charge in [0.25, 0.3) is 0 Å². The van der Waals surface area contributed by atoms with Crippen molar-refractivity contribution in [2.24, 2.45) is 5.73 Å². The fourth-order valence-corrected chi connectivity index (χ4v) is 2.32. The van der Waals surface area contributed by atoms with Gasteiger partial charge in [-0.3, -0.25) is 4.90 Å². The molecule has 2 N–H and O–H groups in total. The number of nitrogens with two attached hydrogens (primary N) is 1. The molecule has 16 heavy (non-hydrogen) atoms. The van der Waals surface area contributed by atoms with Crippen LogP contribution in [0.2, 0.25) is 0 Å². The minimum absolute atomic E-state index is 0.160. The number of likely N-dealkylation sites (N-methyl/N-ethyl adjacent to an activating group) is 1. The van der Waals surface area contributed by atoms with Crippen LogP contribution < -0.4 is 5.73 Å². The summed E-state index contributed by atoms with van der Waals surface area (Å²) in [4.78, 5) is 2.38. The van der Waals surface area contributed by atoms with Crippen LogP contribution in [0.1, 0.15) is 31.4 Å². The lowest BCUT2D eigenvalue weighted by Gasteiger charge is -2.30. The van der Waals surface area contributed by atoms with E-state index < -0.39 is 0 Å². The van der Waals surface area contributed by atoms with Crippen molar-refractivity contribution in [1.29, 1.82) is 0 Å². The minimum atomic E-state index is -0.178. The largest absolute Gasteiger partial charge is 0.329 e. The van der Waals surface area contributed by atoms with Crippen molar-refractivity contribution < 1.29 is 4.39 Å². The van der Waals surface area contributed by atoms with E-state index in [1.54, 1.807) is 12.1 Å². The molecule has 2 rings (SSSR count). The van der Waals surface area contributed by atoms with Gasteiger partial charge in [0.05, 0.1) is 0 Å². The summed E-state index contributed by atoms with van der Waals surface area (Å²) in [5.74, 6) is -0.178. The highest BCUT2D eigenvalue weighted by atomic mass is 19.1. The van der Waals surface area contributed by atoms with Crippen LogP contribution in [0, 0.1) is 5.82 Å². The highest BCUT2D eigenvalue weighted by Gasteiger charge is 2.32. The fourth-order valence-electron chi connectivity index (χ4n) is 2.32. The minimum Gasteiger partial charge on any atom is -0.329 e. The third kappa shape index (κ3) is 2.42. The van der Waals surface area contributed by atoms with Crippen molar-refractivity contribution in [2.75, 3.05) is 13.1 Å². The van der Waals surface area contributed by atoms with Crippen molar-refractivity contribution in [3.05, 3.63) is 35.6 Å². The lowest BCUT2D eigenvalue weighted by Crippen LogP contribution is -2.35. The molecule has 1 aromatic carbocycles. The molecule has 0 saturated heterocycles. The first-order chi connectivity index (χ1) is 7.76. The zero-order valence-corrected chi connectivity index (χ0v) is 9.70. The average molecular weight is 222 g/mol. The molecule has 0 bridgehead atoms. The quantitative estimate of drug-likeness (QED) is 0.828. The number of nitrogens with zero attached hydrogens (tertiary/aromatic N) is 1. The maximum Gasteiger partial charge on any atom is 0.123 e. The molecule has 88 valence electrons. The van der Waals surface area contributed by atoms with Gasteiger partial charge in [-0.05, 0) is 37.1 Å². The van der Waals surface area contributed by atoms with Crippen LogP contribution >= 0.6 is 0 Å². The third-order valence-electron chi connectivity index (χ3n) is 3.24. The molecule has 0 radical (unpaired) electrons. The third-order valence-corrected chi connectivity index (χ3v) is 3.24. The highest BCUT2D eigenvalue weighted by Crippen LogP contribution is 2.33. The van der Waals surface area contributed by atoms with Crippen molar-refractivity contribution >= 4 is 0 Å². The van der Waals surface area contributed by atoms with Gasteiger partial charge in [-0.2, -0.15) is 0 Å². The molecule has 1 unspecified atom stereocenters. The van der Waals surface area contributed by atoms with E-state index >= 15 is 0 Å². The maximum absolute atomic E-state index is 13.2. The molecule has 2 nitrogen and oxygen atoms in total. The topological polar surface area (TPSA) is 29.3 Å².